The zero-order valence-electron chi connectivity index (χ0n) is 17.8. The fourth-order valence-corrected chi connectivity index (χ4v) is 5.68. The number of aryl methyl sites for hydroxylation is 1. The Hall–Kier alpha value is -3.64. The molecule has 4 aromatic rings. The molecule has 1 aromatic carbocycles. The van der Waals surface area contributed by atoms with Gasteiger partial charge in [0.15, 0.2) is 5.65 Å². The van der Waals surface area contributed by atoms with E-state index in [9.17, 15) is 8.42 Å². The van der Waals surface area contributed by atoms with Crippen LogP contribution in [0, 0.1) is 18.3 Å². The zero-order valence-corrected chi connectivity index (χ0v) is 18.6. The molecule has 32 heavy (non-hydrogen) atoms. The molecule has 4 heterocycles. The first-order valence-corrected chi connectivity index (χ1v) is 11.9. The molecule has 3 aromatic heterocycles. The molecule has 0 N–H and O–H groups in total. The Kier molecular flexibility index (Phi) is 4.75. The maximum atomic E-state index is 13.3. The van der Waals surface area contributed by atoms with Gasteiger partial charge in [0.2, 0.25) is 0 Å². The highest BCUT2D eigenvalue weighted by atomic mass is 32.2. The van der Waals surface area contributed by atoms with E-state index >= 15 is 0 Å². The third-order valence-electron chi connectivity index (χ3n) is 6.05. The van der Waals surface area contributed by atoms with E-state index < -0.39 is 10.0 Å². The minimum Gasteiger partial charge on any atom is -0.304 e. The highest BCUT2D eigenvalue weighted by Gasteiger charge is 2.29. The topological polar surface area (TPSA) is 96.8 Å². The van der Waals surface area contributed by atoms with E-state index in [0.717, 1.165) is 29.5 Å². The number of pyridine rings is 1. The molecule has 9 heteroatoms. The van der Waals surface area contributed by atoms with Crippen LogP contribution < -0.4 is 5.01 Å². The van der Waals surface area contributed by atoms with Gasteiger partial charge in [-0.1, -0.05) is 24.6 Å². The number of imidazole rings is 1. The second-order valence-electron chi connectivity index (χ2n) is 8.04. The zero-order chi connectivity index (χ0) is 22.5. The first-order chi connectivity index (χ1) is 15.4. The first-order valence-electron chi connectivity index (χ1n) is 10.4. The van der Waals surface area contributed by atoms with Crippen molar-refractivity contribution in [1.82, 2.24) is 18.6 Å². The summed E-state index contributed by atoms with van der Waals surface area (Å²) >= 11 is 0. The minimum absolute atomic E-state index is 0.216. The molecule has 1 aliphatic heterocycles. The summed E-state index contributed by atoms with van der Waals surface area (Å²) in [5.41, 5.74) is 3.93. The van der Waals surface area contributed by atoms with Gasteiger partial charge >= 0.3 is 0 Å². The van der Waals surface area contributed by atoms with E-state index in [1.165, 1.54) is 3.97 Å². The second-order valence-corrected chi connectivity index (χ2v) is 9.86. The largest absolute Gasteiger partial charge is 0.304 e. The Bertz CT molecular complexity index is 1510. The predicted octanol–water partition coefficient (Wildman–Crippen LogP) is 3.50. The van der Waals surface area contributed by atoms with Crippen LogP contribution in [0.5, 0.6) is 0 Å². The van der Waals surface area contributed by atoms with Gasteiger partial charge in [-0.25, -0.2) is 27.0 Å². The summed E-state index contributed by atoms with van der Waals surface area (Å²) in [4.78, 5) is 9.16. The molecule has 1 aliphatic rings. The van der Waals surface area contributed by atoms with E-state index in [-0.39, 0.29) is 10.9 Å². The van der Waals surface area contributed by atoms with Gasteiger partial charge in [0.1, 0.15) is 17.4 Å². The van der Waals surface area contributed by atoms with Crippen LogP contribution in [0.25, 0.3) is 22.1 Å². The minimum atomic E-state index is -3.79. The van der Waals surface area contributed by atoms with Crippen molar-refractivity contribution < 1.29 is 8.42 Å². The van der Waals surface area contributed by atoms with E-state index in [1.54, 1.807) is 55.1 Å². The summed E-state index contributed by atoms with van der Waals surface area (Å²) < 4.78 is 29.8. The van der Waals surface area contributed by atoms with Crippen molar-refractivity contribution >= 4 is 32.1 Å². The highest BCUT2D eigenvalue weighted by Crippen LogP contribution is 2.30. The van der Waals surface area contributed by atoms with Crippen LogP contribution in [0.1, 0.15) is 25.3 Å². The highest BCUT2D eigenvalue weighted by molar-refractivity contribution is 7.90. The maximum Gasteiger partial charge on any atom is 0.269 e. The number of nitriles is 1. The Balaban J connectivity index is 1.67. The van der Waals surface area contributed by atoms with Crippen LogP contribution in [0.3, 0.4) is 0 Å². The quantitative estimate of drug-likeness (QED) is 0.445. The van der Waals surface area contributed by atoms with Crippen molar-refractivity contribution in [3.63, 3.8) is 0 Å². The lowest BCUT2D eigenvalue weighted by Crippen LogP contribution is -2.38. The molecule has 1 atom stereocenters. The standard InChI is InChI=1S/C23H22N6O2S/c1-3-18-12-17(8-10-24)14-27(18)28-15-26-21-13-25-23-20(22(21)28)9-11-29(23)32(30,31)19-6-4-16(2)5-7-19/h4-9,11,13,15,18H,3,12,14H2,1-2H3. The summed E-state index contributed by atoms with van der Waals surface area (Å²) in [5, 5.41) is 12.0. The predicted molar refractivity (Wildman–Crippen MR) is 122 cm³/mol. The fraction of sp³-hybridized carbons (Fsp3) is 0.261. The van der Waals surface area contributed by atoms with E-state index in [0.29, 0.717) is 23.1 Å². The molecule has 1 fully saturated rings. The molecule has 162 valence electrons. The number of rotatable bonds is 4. The summed E-state index contributed by atoms with van der Waals surface area (Å²) in [5.74, 6) is 0. The number of aromatic nitrogens is 4. The molecule has 0 saturated carbocycles. The van der Waals surface area contributed by atoms with Gasteiger partial charge in [0, 0.05) is 23.7 Å². The van der Waals surface area contributed by atoms with E-state index in [4.69, 9.17) is 5.26 Å². The van der Waals surface area contributed by atoms with Crippen molar-refractivity contribution in [2.45, 2.75) is 37.6 Å². The molecule has 5 rings (SSSR count). The monoisotopic (exact) mass is 446 g/mol. The summed E-state index contributed by atoms with van der Waals surface area (Å²) in [6, 6.07) is 10.9. The van der Waals surface area contributed by atoms with Gasteiger partial charge < -0.3 is 5.01 Å². The number of hydrogen-bond acceptors (Lipinski definition) is 6. The van der Waals surface area contributed by atoms with Crippen LogP contribution in [-0.2, 0) is 10.0 Å². The van der Waals surface area contributed by atoms with Crippen molar-refractivity contribution in [1.29, 1.82) is 5.26 Å². The van der Waals surface area contributed by atoms with E-state index in [2.05, 4.69) is 28.0 Å². The van der Waals surface area contributed by atoms with Crippen molar-refractivity contribution in [2.75, 3.05) is 11.6 Å². The summed E-state index contributed by atoms with van der Waals surface area (Å²) in [7, 11) is -3.79. The molecule has 1 unspecified atom stereocenters. The van der Waals surface area contributed by atoms with Gasteiger partial charge in [-0.3, -0.25) is 0 Å². The van der Waals surface area contributed by atoms with Gasteiger partial charge in [-0.2, -0.15) is 5.26 Å². The lowest BCUT2D eigenvalue weighted by atomic mass is 10.1. The van der Waals surface area contributed by atoms with Crippen molar-refractivity contribution in [3.8, 4) is 6.07 Å². The number of nitrogens with zero attached hydrogens (tertiary/aromatic N) is 6. The lowest BCUT2D eigenvalue weighted by Gasteiger charge is -2.27. The average Bonchev–Trinajstić information content (AvgIpc) is 3.49. The number of hydrogen-bond donors (Lipinski definition) is 0. The molecule has 1 saturated heterocycles. The summed E-state index contributed by atoms with van der Waals surface area (Å²) in [6.45, 7) is 4.66. The van der Waals surface area contributed by atoms with Crippen LogP contribution >= 0.6 is 0 Å². The molecular weight excluding hydrogens is 424 g/mol. The number of benzene rings is 1. The van der Waals surface area contributed by atoms with Gasteiger partial charge in [-0.15, -0.1) is 0 Å². The first kappa shape index (κ1) is 20.3. The van der Waals surface area contributed by atoms with Crippen LogP contribution in [0.4, 0.5) is 0 Å². The third-order valence-corrected chi connectivity index (χ3v) is 7.73. The maximum absolute atomic E-state index is 13.3. The van der Waals surface area contributed by atoms with Crippen LogP contribution in [0.2, 0.25) is 0 Å². The van der Waals surface area contributed by atoms with Crippen molar-refractivity contribution in [2.24, 2.45) is 0 Å². The average molecular weight is 447 g/mol. The lowest BCUT2D eigenvalue weighted by molar-refractivity contribution is 0.537. The molecule has 0 aliphatic carbocycles. The smallest absolute Gasteiger partial charge is 0.269 e. The Labute approximate surface area is 186 Å². The second kappa shape index (κ2) is 7.50. The van der Waals surface area contributed by atoms with E-state index in [1.807, 2.05) is 11.6 Å². The van der Waals surface area contributed by atoms with Gasteiger partial charge in [-0.05, 0) is 43.5 Å². The molecular formula is C23H22N6O2S. The van der Waals surface area contributed by atoms with Crippen LogP contribution in [-0.4, -0.2) is 39.6 Å². The molecule has 0 bridgehead atoms. The molecule has 8 nitrogen and oxygen atoms in total. The number of fused-ring (bicyclic) bond motifs is 3. The molecule has 0 amide bonds. The fourth-order valence-electron chi connectivity index (χ4n) is 4.37. The normalized spacial score (nSPS) is 18.1. The van der Waals surface area contributed by atoms with Crippen molar-refractivity contribution in [3.05, 3.63) is 66.3 Å². The third kappa shape index (κ3) is 3.07. The SMILES string of the molecule is CCC1CC(=CC#N)CN1n1cnc2cnc3c(ccn3S(=O)(=O)c3ccc(C)cc3)c21. The van der Waals surface area contributed by atoms with Gasteiger partial charge in [0.25, 0.3) is 10.0 Å². The Morgan fingerprint density at radius 3 is 2.72 bits per heavy atom. The molecule has 0 spiro atoms. The molecule has 0 radical (unpaired) electrons. The van der Waals surface area contributed by atoms with Gasteiger partial charge in [0.05, 0.1) is 23.7 Å². The van der Waals surface area contributed by atoms with Crippen LogP contribution in [0.15, 0.2) is 65.6 Å². The summed E-state index contributed by atoms with van der Waals surface area (Å²) in [6.07, 6.45) is 8.25. The number of allylic oxidation sites excluding steroid dienone is 1. The Morgan fingerprint density at radius 1 is 1.22 bits per heavy atom. The Morgan fingerprint density at radius 2 is 2.00 bits per heavy atom.